The molecule has 3 rings (SSSR count). The van der Waals surface area contributed by atoms with Crippen LogP contribution in [0.2, 0.25) is 0 Å². The third-order valence-corrected chi connectivity index (χ3v) is 4.00. The van der Waals surface area contributed by atoms with Crippen LogP contribution in [-0.2, 0) is 22.4 Å². The number of nitrogens with one attached hydrogen (secondary N) is 3. The van der Waals surface area contributed by atoms with Crippen molar-refractivity contribution in [1.29, 1.82) is 0 Å². The number of aromatic nitrogens is 2. The van der Waals surface area contributed by atoms with Crippen molar-refractivity contribution in [3.8, 4) is 0 Å². The molecule has 1 saturated heterocycles. The molecule has 3 N–H and O–H groups in total. The Kier molecular flexibility index (Phi) is 3.51. The third kappa shape index (κ3) is 2.72. The van der Waals surface area contributed by atoms with Crippen LogP contribution in [0.25, 0.3) is 0 Å². The Balaban J connectivity index is 1.64. The van der Waals surface area contributed by atoms with E-state index in [9.17, 15) is 9.59 Å². The smallest absolute Gasteiger partial charge is 0.243 e. The van der Waals surface area contributed by atoms with Crippen molar-refractivity contribution in [2.45, 2.75) is 24.9 Å². The largest absolute Gasteiger partial charge is 0.348 e. The predicted molar refractivity (Wildman–Crippen MR) is 74.2 cm³/mol. The van der Waals surface area contributed by atoms with Crippen molar-refractivity contribution in [2.24, 2.45) is 0 Å². The van der Waals surface area contributed by atoms with Crippen molar-refractivity contribution in [3.63, 3.8) is 0 Å². The van der Waals surface area contributed by atoms with Gasteiger partial charge in [0, 0.05) is 24.7 Å². The van der Waals surface area contributed by atoms with Gasteiger partial charge in [0.25, 0.3) is 0 Å². The minimum atomic E-state index is -0.540. The van der Waals surface area contributed by atoms with Crippen molar-refractivity contribution in [3.05, 3.63) is 40.6 Å². The van der Waals surface area contributed by atoms with Gasteiger partial charge in [-0.1, -0.05) is 0 Å². The molecule has 0 radical (unpaired) electrons. The van der Waals surface area contributed by atoms with E-state index < -0.39 is 12.1 Å². The third-order valence-electron chi connectivity index (χ3n) is 3.26. The van der Waals surface area contributed by atoms with Gasteiger partial charge in [-0.3, -0.25) is 9.59 Å². The fraction of sp³-hybridized carbons (Fsp3) is 0.308. The molecule has 2 aromatic heterocycles. The van der Waals surface area contributed by atoms with Crippen molar-refractivity contribution in [1.82, 2.24) is 20.6 Å². The number of carbonyl (C=O) groups excluding carboxylic acids is 2. The summed E-state index contributed by atoms with van der Waals surface area (Å²) < 4.78 is 0. The van der Waals surface area contributed by atoms with Gasteiger partial charge in [-0.25, -0.2) is 4.98 Å². The first kappa shape index (κ1) is 12.9. The van der Waals surface area contributed by atoms with Crippen LogP contribution < -0.4 is 10.6 Å². The zero-order valence-corrected chi connectivity index (χ0v) is 11.4. The molecular weight excluding hydrogens is 276 g/mol. The molecule has 1 fully saturated rings. The number of H-pyrrole nitrogens is 1. The molecule has 20 heavy (non-hydrogen) atoms. The second-order valence-electron chi connectivity index (χ2n) is 4.74. The molecule has 0 saturated carbocycles. The molecule has 0 aromatic carbocycles. The van der Waals surface area contributed by atoms with E-state index in [0.29, 0.717) is 12.8 Å². The van der Waals surface area contributed by atoms with Crippen LogP contribution in [-0.4, -0.2) is 33.9 Å². The molecule has 0 aliphatic carbocycles. The summed E-state index contributed by atoms with van der Waals surface area (Å²) in [5, 5.41) is 9.50. The molecule has 2 amide bonds. The van der Waals surface area contributed by atoms with Crippen molar-refractivity contribution in [2.75, 3.05) is 0 Å². The Morgan fingerprint density at radius 2 is 1.90 bits per heavy atom. The molecule has 104 valence electrons. The maximum absolute atomic E-state index is 12.1. The zero-order chi connectivity index (χ0) is 13.9. The lowest BCUT2D eigenvalue weighted by atomic mass is 10.0. The van der Waals surface area contributed by atoms with Crippen LogP contribution in [0.3, 0.4) is 0 Å². The summed E-state index contributed by atoms with van der Waals surface area (Å²) in [6.45, 7) is 0. The molecule has 3 heterocycles. The molecule has 1 aliphatic heterocycles. The quantitative estimate of drug-likeness (QED) is 0.754. The number of nitrogens with zero attached hydrogens (tertiary/aromatic N) is 1. The van der Waals surface area contributed by atoms with Gasteiger partial charge in [-0.05, 0) is 22.4 Å². The molecule has 6 nitrogen and oxygen atoms in total. The fourth-order valence-electron chi connectivity index (χ4n) is 2.22. The maximum Gasteiger partial charge on any atom is 0.243 e. The van der Waals surface area contributed by atoms with E-state index in [1.807, 2.05) is 16.8 Å². The van der Waals surface area contributed by atoms with Gasteiger partial charge in [0.15, 0.2) is 0 Å². The fourth-order valence-corrected chi connectivity index (χ4v) is 2.91. The molecule has 2 aromatic rings. The standard InChI is InChI=1S/C13H14N4O2S/c18-12-10(3-8-1-2-20-6-8)16-13(19)11(17-12)4-9-5-14-7-15-9/h1-2,5-7,10-11H,3-4H2,(H,14,15)(H,16,19)(H,17,18)/t10-,11+/m1/s1. The first-order valence-corrected chi connectivity index (χ1v) is 7.26. The summed E-state index contributed by atoms with van der Waals surface area (Å²) in [5.41, 5.74) is 1.88. The van der Waals surface area contributed by atoms with E-state index in [2.05, 4.69) is 20.6 Å². The lowest BCUT2D eigenvalue weighted by Gasteiger charge is -2.29. The zero-order valence-electron chi connectivity index (χ0n) is 10.6. The molecule has 1 aliphatic rings. The Hall–Kier alpha value is -2.15. The van der Waals surface area contributed by atoms with E-state index in [1.54, 1.807) is 23.9 Å². The Morgan fingerprint density at radius 1 is 1.15 bits per heavy atom. The van der Waals surface area contributed by atoms with Crippen LogP contribution in [0, 0.1) is 0 Å². The number of thiophene rings is 1. The normalized spacial score (nSPS) is 22.4. The highest BCUT2D eigenvalue weighted by Crippen LogP contribution is 2.11. The van der Waals surface area contributed by atoms with Gasteiger partial charge in [0.05, 0.1) is 6.33 Å². The van der Waals surface area contributed by atoms with Crippen LogP contribution in [0.1, 0.15) is 11.3 Å². The summed E-state index contributed by atoms with van der Waals surface area (Å²) in [4.78, 5) is 30.9. The van der Waals surface area contributed by atoms with E-state index in [-0.39, 0.29) is 11.8 Å². The lowest BCUT2D eigenvalue weighted by molar-refractivity contribution is -0.136. The summed E-state index contributed by atoms with van der Waals surface area (Å²) in [6, 6.07) is 0.928. The van der Waals surface area contributed by atoms with Crippen LogP contribution in [0.4, 0.5) is 0 Å². The molecule has 0 bridgehead atoms. The Labute approximate surface area is 119 Å². The summed E-state index contributed by atoms with van der Waals surface area (Å²) >= 11 is 1.58. The highest BCUT2D eigenvalue weighted by Gasteiger charge is 2.33. The SMILES string of the molecule is O=C1N[C@H](Cc2ccsc2)C(=O)N[C@H]1Cc1cnc[nH]1. The van der Waals surface area contributed by atoms with Gasteiger partial charge in [0.2, 0.25) is 11.8 Å². The second-order valence-corrected chi connectivity index (χ2v) is 5.52. The summed E-state index contributed by atoms with van der Waals surface area (Å²) in [7, 11) is 0. The molecule has 7 heteroatoms. The number of amides is 2. The van der Waals surface area contributed by atoms with Gasteiger partial charge in [0.1, 0.15) is 12.1 Å². The Morgan fingerprint density at radius 3 is 2.50 bits per heavy atom. The summed E-state index contributed by atoms with van der Waals surface area (Å²) in [5.74, 6) is -0.292. The number of piperazine rings is 1. The highest BCUT2D eigenvalue weighted by molar-refractivity contribution is 7.07. The second kappa shape index (κ2) is 5.46. The number of imidazole rings is 1. The monoisotopic (exact) mass is 290 g/mol. The number of carbonyl (C=O) groups is 2. The first-order valence-electron chi connectivity index (χ1n) is 6.31. The lowest BCUT2D eigenvalue weighted by Crippen LogP contribution is -2.62. The van der Waals surface area contributed by atoms with E-state index in [1.165, 1.54) is 0 Å². The predicted octanol–water partition coefficient (Wildman–Crippen LogP) is 0.240. The molecular formula is C13H14N4O2S. The minimum absolute atomic E-state index is 0.139. The van der Waals surface area contributed by atoms with Gasteiger partial charge < -0.3 is 15.6 Å². The van der Waals surface area contributed by atoms with Crippen molar-refractivity contribution >= 4 is 23.2 Å². The van der Waals surface area contributed by atoms with E-state index in [4.69, 9.17) is 0 Å². The van der Waals surface area contributed by atoms with E-state index in [0.717, 1.165) is 11.3 Å². The number of hydrogen-bond donors (Lipinski definition) is 3. The Bertz CT molecular complexity index is 540. The average Bonchev–Trinajstić information content (AvgIpc) is 3.08. The topological polar surface area (TPSA) is 86.9 Å². The number of rotatable bonds is 4. The number of hydrogen-bond acceptors (Lipinski definition) is 4. The molecule has 2 atom stereocenters. The van der Waals surface area contributed by atoms with Gasteiger partial charge in [-0.15, -0.1) is 0 Å². The minimum Gasteiger partial charge on any atom is -0.348 e. The van der Waals surface area contributed by atoms with Crippen molar-refractivity contribution < 1.29 is 9.59 Å². The molecule has 0 spiro atoms. The average molecular weight is 290 g/mol. The van der Waals surface area contributed by atoms with Gasteiger partial charge in [-0.2, -0.15) is 11.3 Å². The maximum atomic E-state index is 12.1. The van der Waals surface area contributed by atoms with Crippen LogP contribution >= 0.6 is 11.3 Å². The van der Waals surface area contributed by atoms with Gasteiger partial charge >= 0.3 is 0 Å². The van der Waals surface area contributed by atoms with Crippen LogP contribution in [0.5, 0.6) is 0 Å². The first-order chi connectivity index (χ1) is 9.72. The van der Waals surface area contributed by atoms with E-state index >= 15 is 0 Å². The highest BCUT2D eigenvalue weighted by atomic mass is 32.1. The van der Waals surface area contributed by atoms with Crippen LogP contribution in [0.15, 0.2) is 29.4 Å². The molecule has 0 unspecified atom stereocenters. The number of aromatic amines is 1. The summed E-state index contributed by atoms with van der Waals surface area (Å²) in [6.07, 6.45) is 4.15.